The molecule has 37 heavy (non-hydrogen) atoms. The molecule has 8 nitrogen and oxygen atoms in total. The third-order valence-corrected chi connectivity index (χ3v) is 6.71. The molecule has 2 N–H and O–H groups in total. The Labute approximate surface area is 212 Å². The van der Waals surface area contributed by atoms with Crippen molar-refractivity contribution in [3.63, 3.8) is 0 Å². The van der Waals surface area contributed by atoms with Gasteiger partial charge in [-0.1, -0.05) is 13.0 Å². The Morgan fingerprint density at radius 2 is 2.03 bits per heavy atom. The van der Waals surface area contributed by atoms with Crippen molar-refractivity contribution < 1.29 is 32.6 Å². The Morgan fingerprint density at radius 3 is 2.62 bits per heavy atom. The average molecular weight is 519 g/mol. The molecule has 1 aromatic carbocycles. The Bertz CT molecular complexity index is 1300. The Hall–Kier alpha value is -3.76. The van der Waals surface area contributed by atoms with E-state index in [1.807, 2.05) is 18.4 Å². The molecule has 0 saturated heterocycles. The van der Waals surface area contributed by atoms with E-state index in [0.29, 0.717) is 37.2 Å². The van der Waals surface area contributed by atoms with Crippen molar-refractivity contribution in [2.24, 2.45) is 13.0 Å². The summed E-state index contributed by atoms with van der Waals surface area (Å²) < 4.78 is 50.4. The number of ether oxygens (including phenoxy) is 1. The zero-order chi connectivity index (χ0) is 26.9. The van der Waals surface area contributed by atoms with E-state index in [4.69, 9.17) is 4.74 Å². The van der Waals surface area contributed by atoms with Crippen molar-refractivity contribution in [2.45, 2.75) is 51.2 Å². The van der Waals surface area contributed by atoms with Crippen molar-refractivity contribution in [2.75, 3.05) is 11.9 Å². The van der Waals surface area contributed by atoms with Crippen LogP contribution in [0.3, 0.4) is 0 Å². The highest BCUT2D eigenvalue weighted by Gasteiger charge is 2.45. The number of halogens is 3. The molecule has 3 aromatic rings. The molecular formula is C26H29F3N4O4. The van der Waals surface area contributed by atoms with Crippen LogP contribution in [0.4, 0.5) is 18.9 Å². The summed E-state index contributed by atoms with van der Waals surface area (Å²) in [6.07, 6.45) is 0.180. The number of amides is 1. The summed E-state index contributed by atoms with van der Waals surface area (Å²) in [6, 6.07) is 6.72. The molecule has 4 rings (SSSR count). The number of carboxylic acid groups (broad SMARTS) is 1. The average Bonchev–Trinajstić information content (AvgIpc) is 3.38. The summed E-state index contributed by atoms with van der Waals surface area (Å²) in [4.78, 5) is 24.5. The van der Waals surface area contributed by atoms with Gasteiger partial charge in [0.25, 0.3) is 5.91 Å². The fourth-order valence-corrected chi connectivity index (χ4v) is 4.49. The second-order valence-electron chi connectivity index (χ2n) is 9.33. The number of benzene rings is 1. The Kier molecular flexibility index (Phi) is 7.33. The van der Waals surface area contributed by atoms with Crippen molar-refractivity contribution >= 4 is 17.6 Å². The van der Waals surface area contributed by atoms with Crippen molar-refractivity contribution in [3.05, 3.63) is 65.2 Å². The fraction of sp³-hybridized carbons (Fsp3) is 0.423. The Balaban J connectivity index is 1.57. The second-order valence-corrected chi connectivity index (χ2v) is 9.33. The number of alkyl halides is 3. The van der Waals surface area contributed by atoms with E-state index in [0.717, 1.165) is 11.8 Å². The lowest BCUT2D eigenvalue weighted by Crippen LogP contribution is -2.22. The number of hydrogen-bond acceptors (Lipinski definition) is 4. The van der Waals surface area contributed by atoms with E-state index >= 15 is 0 Å². The van der Waals surface area contributed by atoms with Crippen LogP contribution in [0.25, 0.3) is 0 Å². The van der Waals surface area contributed by atoms with Gasteiger partial charge < -0.3 is 19.7 Å². The van der Waals surface area contributed by atoms with E-state index in [-0.39, 0.29) is 23.3 Å². The molecule has 0 bridgehead atoms. The number of aryl methyl sites for hydroxylation is 1. The predicted molar refractivity (Wildman–Crippen MR) is 130 cm³/mol. The van der Waals surface area contributed by atoms with Gasteiger partial charge in [0, 0.05) is 25.2 Å². The van der Waals surface area contributed by atoms with E-state index in [9.17, 15) is 27.9 Å². The first kappa shape index (κ1) is 26.3. The van der Waals surface area contributed by atoms with E-state index in [1.165, 1.54) is 12.1 Å². The van der Waals surface area contributed by atoms with Crippen LogP contribution in [-0.4, -0.2) is 37.9 Å². The van der Waals surface area contributed by atoms with Gasteiger partial charge in [-0.3, -0.25) is 14.3 Å². The third-order valence-electron chi connectivity index (χ3n) is 6.71. The number of rotatable bonds is 10. The molecule has 3 atom stereocenters. The molecule has 1 saturated carbocycles. The van der Waals surface area contributed by atoms with Crippen LogP contribution in [0.15, 0.2) is 42.7 Å². The normalized spacial score (nSPS) is 17.9. The molecule has 0 spiro atoms. The molecule has 1 fully saturated rings. The van der Waals surface area contributed by atoms with Gasteiger partial charge in [-0.15, -0.1) is 0 Å². The van der Waals surface area contributed by atoms with Gasteiger partial charge in [-0.05, 0) is 55.5 Å². The zero-order valence-electron chi connectivity index (χ0n) is 20.7. The molecule has 0 aliphatic heterocycles. The maximum Gasteiger partial charge on any atom is 0.418 e. The van der Waals surface area contributed by atoms with Gasteiger partial charge in [0.05, 0.1) is 36.2 Å². The lowest BCUT2D eigenvalue weighted by atomic mass is 10.0. The van der Waals surface area contributed by atoms with Crippen molar-refractivity contribution in [1.29, 1.82) is 0 Å². The number of nitrogens with zero attached hydrogens (tertiary/aromatic N) is 3. The van der Waals surface area contributed by atoms with E-state index in [1.54, 1.807) is 36.3 Å². The van der Waals surface area contributed by atoms with Gasteiger partial charge in [0.1, 0.15) is 5.69 Å². The second kappa shape index (κ2) is 10.3. The largest absolute Gasteiger partial charge is 0.490 e. The molecule has 0 radical (unpaired) electrons. The molecule has 1 aliphatic carbocycles. The number of carboxylic acids is 1. The predicted octanol–water partition coefficient (Wildman–Crippen LogP) is 5.27. The van der Waals surface area contributed by atoms with Gasteiger partial charge in [-0.25, -0.2) is 0 Å². The molecule has 0 unspecified atom stereocenters. The van der Waals surface area contributed by atoms with Crippen LogP contribution < -0.4 is 10.1 Å². The van der Waals surface area contributed by atoms with Gasteiger partial charge >= 0.3 is 12.1 Å². The minimum atomic E-state index is -4.69. The van der Waals surface area contributed by atoms with Crippen LogP contribution >= 0.6 is 0 Å². The lowest BCUT2D eigenvalue weighted by Gasteiger charge is -2.20. The number of hydrogen-bond donors (Lipinski definition) is 2. The highest BCUT2D eigenvalue weighted by molar-refractivity contribution is 6.04. The smallest absolute Gasteiger partial charge is 0.418 e. The summed E-state index contributed by atoms with van der Waals surface area (Å²) in [5, 5.41) is 15.7. The van der Waals surface area contributed by atoms with Gasteiger partial charge in [-0.2, -0.15) is 18.3 Å². The number of aliphatic carboxylic acids is 1. The molecule has 2 heterocycles. The van der Waals surface area contributed by atoms with Gasteiger partial charge in [0.15, 0.2) is 5.75 Å². The molecule has 1 aliphatic rings. The van der Waals surface area contributed by atoms with Crippen molar-refractivity contribution in [1.82, 2.24) is 14.3 Å². The minimum absolute atomic E-state index is 0.0830. The van der Waals surface area contributed by atoms with Crippen LogP contribution in [0.2, 0.25) is 0 Å². The van der Waals surface area contributed by atoms with Gasteiger partial charge in [0.2, 0.25) is 0 Å². The highest BCUT2D eigenvalue weighted by Crippen LogP contribution is 2.49. The first-order valence-corrected chi connectivity index (χ1v) is 12.1. The molecule has 198 valence electrons. The van der Waals surface area contributed by atoms with E-state index in [2.05, 4.69) is 10.4 Å². The molecule has 1 amide bonds. The van der Waals surface area contributed by atoms with Crippen LogP contribution in [0, 0.1) is 5.92 Å². The zero-order valence-corrected chi connectivity index (χ0v) is 20.7. The number of carbonyl (C=O) groups excluding carboxylic acids is 1. The standard InChI is InChI=1S/C26H29F3N4O4/c1-4-15(2)33-17(9-10-37-18-13-30-32(3)14-18)6-8-23(33)24(34)31-22-11-16(19-12-20(19)25(35)36)5-7-21(22)26(27,28)29/h5-8,11,13-15,19-20H,4,9-10,12H2,1-3H3,(H,31,34)(H,35,36)/t15-,19+,20+/m0/s1. The number of nitrogens with one attached hydrogen (secondary N) is 1. The summed E-state index contributed by atoms with van der Waals surface area (Å²) in [7, 11) is 1.78. The van der Waals surface area contributed by atoms with Crippen LogP contribution in [0.5, 0.6) is 5.75 Å². The van der Waals surface area contributed by atoms with Crippen molar-refractivity contribution in [3.8, 4) is 5.75 Å². The highest BCUT2D eigenvalue weighted by atomic mass is 19.4. The number of carbonyl (C=O) groups is 2. The number of anilines is 1. The fourth-order valence-electron chi connectivity index (χ4n) is 4.49. The van der Waals surface area contributed by atoms with Crippen LogP contribution in [0.1, 0.15) is 66.0 Å². The van der Waals surface area contributed by atoms with E-state index < -0.39 is 29.5 Å². The lowest BCUT2D eigenvalue weighted by molar-refractivity contribution is -0.139. The first-order valence-electron chi connectivity index (χ1n) is 12.1. The first-order chi connectivity index (χ1) is 17.5. The molecule has 11 heteroatoms. The quantitative estimate of drug-likeness (QED) is 0.381. The maximum atomic E-state index is 13.7. The minimum Gasteiger partial charge on any atom is -0.490 e. The molecular weight excluding hydrogens is 489 g/mol. The Morgan fingerprint density at radius 1 is 1.27 bits per heavy atom. The van der Waals surface area contributed by atoms with Crippen LogP contribution in [-0.2, 0) is 24.4 Å². The summed E-state index contributed by atoms with van der Waals surface area (Å²) >= 11 is 0. The summed E-state index contributed by atoms with van der Waals surface area (Å²) in [6.45, 7) is 4.23. The summed E-state index contributed by atoms with van der Waals surface area (Å²) in [5.41, 5.74) is 0.143. The summed E-state index contributed by atoms with van der Waals surface area (Å²) in [5.74, 6) is -2.04. The number of aromatic nitrogens is 3. The maximum absolute atomic E-state index is 13.7. The SMILES string of the molecule is CC[C@H](C)n1c(CCOc2cnn(C)c2)ccc1C(=O)Nc1cc([C@H]2C[C@H]2C(=O)O)ccc1C(F)(F)F. The topological polar surface area (TPSA) is 98.4 Å². The third kappa shape index (κ3) is 5.81. The monoisotopic (exact) mass is 518 g/mol. The molecule has 2 aromatic heterocycles.